The van der Waals surface area contributed by atoms with Gasteiger partial charge in [0.1, 0.15) is 24.7 Å². The van der Waals surface area contributed by atoms with E-state index in [4.69, 9.17) is 14.6 Å². The molecule has 0 heterocycles. The molecule has 8 rings (SSSR count). The van der Waals surface area contributed by atoms with E-state index in [9.17, 15) is 9.90 Å². The van der Waals surface area contributed by atoms with Crippen molar-refractivity contribution >= 4 is 49.1 Å². The van der Waals surface area contributed by atoms with E-state index < -0.39 is 5.97 Å². The number of carbonyl (C=O) groups is 1. The van der Waals surface area contributed by atoms with Gasteiger partial charge in [0.15, 0.2) is 0 Å². The summed E-state index contributed by atoms with van der Waals surface area (Å²) in [6.45, 7) is 5.32. The number of aryl methyl sites for hydroxylation is 2. The molecule has 5 heteroatoms. The van der Waals surface area contributed by atoms with Crippen molar-refractivity contribution in [2.75, 3.05) is 0 Å². The molecule has 0 unspecified atom stereocenters. The molecule has 0 fully saturated rings. The number of rotatable bonds is 26. The van der Waals surface area contributed by atoms with Gasteiger partial charge in [-0.05, 0) is 110 Å². The number of aliphatic hydroxyl groups is 1. The number of hydrogen-bond donors (Lipinski definition) is 2. The molecule has 0 aromatic heterocycles. The molecule has 69 heavy (non-hydrogen) atoms. The molecular weight excluding hydrogens is 849 g/mol. The van der Waals surface area contributed by atoms with E-state index in [1.165, 1.54) is 168 Å². The first-order valence-electron chi connectivity index (χ1n) is 26.1. The maximum Gasteiger partial charge on any atom is 0.335 e. The summed E-state index contributed by atoms with van der Waals surface area (Å²) in [5.74, 6) is 0.516. The Hall–Kier alpha value is -6.17. The topological polar surface area (TPSA) is 76.0 Å². The van der Waals surface area contributed by atoms with Crippen molar-refractivity contribution < 1.29 is 24.5 Å². The molecule has 0 bridgehead atoms. The molecular formula is C64H74O5. The third-order valence-corrected chi connectivity index (χ3v) is 13.8. The molecule has 5 nitrogen and oxygen atoms in total. The number of carboxylic acid groups (broad SMARTS) is 1. The fourth-order valence-corrected chi connectivity index (χ4v) is 10.1. The third kappa shape index (κ3) is 14.0. The van der Waals surface area contributed by atoms with E-state index in [2.05, 4.69) is 111 Å². The average molecular weight is 923 g/mol. The first-order chi connectivity index (χ1) is 34.0. The zero-order valence-corrected chi connectivity index (χ0v) is 41.3. The lowest BCUT2D eigenvalue weighted by molar-refractivity contribution is 0.0697. The number of benzene rings is 8. The van der Waals surface area contributed by atoms with Crippen LogP contribution in [0.4, 0.5) is 0 Å². The van der Waals surface area contributed by atoms with Gasteiger partial charge in [0, 0.05) is 17.2 Å². The highest BCUT2D eigenvalue weighted by Gasteiger charge is 2.17. The second kappa shape index (κ2) is 27.1. The number of ether oxygens (including phenoxy) is 2. The van der Waals surface area contributed by atoms with Crippen LogP contribution in [0.1, 0.15) is 155 Å². The summed E-state index contributed by atoms with van der Waals surface area (Å²) in [6.07, 6.45) is 23.3. The fourth-order valence-electron chi connectivity index (χ4n) is 10.1. The van der Waals surface area contributed by atoms with Crippen molar-refractivity contribution in [1.82, 2.24) is 0 Å². The molecule has 0 saturated carbocycles. The molecule has 0 aliphatic heterocycles. The van der Waals surface area contributed by atoms with Gasteiger partial charge in [-0.1, -0.05) is 219 Å². The van der Waals surface area contributed by atoms with Gasteiger partial charge >= 0.3 is 5.97 Å². The van der Waals surface area contributed by atoms with E-state index in [1.807, 2.05) is 18.2 Å². The lowest BCUT2D eigenvalue weighted by atomic mass is 9.89. The molecule has 360 valence electrons. The van der Waals surface area contributed by atoms with Gasteiger partial charge in [0.25, 0.3) is 0 Å². The first kappa shape index (κ1) is 50.7. The summed E-state index contributed by atoms with van der Waals surface area (Å²) in [5, 5.41) is 29.1. The molecule has 0 spiro atoms. The van der Waals surface area contributed by atoms with Gasteiger partial charge in [-0.25, -0.2) is 4.79 Å². The maximum atomic E-state index is 10.4. The van der Waals surface area contributed by atoms with E-state index in [1.54, 1.807) is 30.3 Å². The Labute approximate surface area is 411 Å². The van der Waals surface area contributed by atoms with Crippen LogP contribution in [-0.2, 0) is 32.7 Å². The lowest BCUT2D eigenvalue weighted by Gasteiger charge is -2.19. The van der Waals surface area contributed by atoms with E-state index in [-0.39, 0.29) is 6.61 Å². The highest BCUT2D eigenvalue weighted by atomic mass is 16.5. The lowest BCUT2D eigenvalue weighted by Crippen LogP contribution is -2.03. The van der Waals surface area contributed by atoms with E-state index >= 15 is 0 Å². The Morgan fingerprint density at radius 1 is 0.391 bits per heavy atom. The molecule has 8 aromatic rings. The van der Waals surface area contributed by atoms with Gasteiger partial charge in [-0.3, -0.25) is 0 Å². The highest BCUT2D eigenvalue weighted by molar-refractivity contribution is 6.07. The standard InChI is InChI=1S/C57H68O3.C7H6O2/c1-3-5-7-9-11-13-15-17-27-46-48-29-19-23-33-52(48)56(53-34-24-20-30-49(46)53)41-59-44-37-43(40-58)38-45(39-44)60-42-57-54-35-25-21-31-50(54)47(51-32-22-26-36-55(51)57)28-18-16-14-12-10-8-6-4-2;8-7(9)6-4-2-1-3-5-6/h19-26,29-39,58H,3-18,27-28,40-42H2,1-2H3;1-5H,(H,8,9). The molecule has 0 aliphatic rings. The fraction of sp³-hybridized carbons (Fsp3) is 0.359. The van der Waals surface area contributed by atoms with Crippen LogP contribution in [0.15, 0.2) is 146 Å². The van der Waals surface area contributed by atoms with Crippen LogP contribution < -0.4 is 9.47 Å². The minimum absolute atomic E-state index is 0.0911. The van der Waals surface area contributed by atoms with Crippen molar-refractivity contribution in [3.63, 3.8) is 0 Å². The predicted molar refractivity (Wildman–Crippen MR) is 290 cm³/mol. The number of unbranched alkanes of at least 4 members (excludes halogenated alkanes) is 14. The summed E-state index contributed by atoms with van der Waals surface area (Å²) < 4.78 is 13.4. The smallest absolute Gasteiger partial charge is 0.335 e. The van der Waals surface area contributed by atoms with Gasteiger partial charge in [0.2, 0.25) is 0 Å². The zero-order valence-electron chi connectivity index (χ0n) is 41.3. The molecule has 0 atom stereocenters. The summed E-state index contributed by atoms with van der Waals surface area (Å²) >= 11 is 0. The second-order valence-electron chi connectivity index (χ2n) is 18.8. The van der Waals surface area contributed by atoms with Gasteiger partial charge < -0.3 is 19.7 Å². The Balaban J connectivity index is 0.000000702. The SMILES string of the molecule is CCCCCCCCCCc1c2ccccc2c(COc2cc(CO)cc(OCc3c4ccccc4c(CCCCCCCCCC)c4ccccc34)c2)c2ccccc12.O=C(O)c1ccccc1. The zero-order chi connectivity index (χ0) is 48.0. The molecule has 0 aliphatic carbocycles. The van der Waals surface area contributed by atoms with Crippen LogP contribution in [0.25, 0.3) is 43.1 Å². The number of aromatic carboxylic acids is 1. The highest BCUT2D eigenvalue weighted by Crippen LogP contribution is 2.37. The largest absolute Gasteiger partial charge is 0.489 e. The van der Waals surface area contributed by atoms with Gasteiger partial charge in [-0.15, -0.1) is 0 Å². The summed E-state index contributed by atoms with van der Waals surface area (Å²) in [6, 6.07) is 49.6. The van der Waals surface area contributed by atoms with Gasteiger partial charge in [0.05, 0.1) is 12.2 Å². The van der Waals surface area contributed by atoms with Crippen LogP contribution in [0.3, 0.4) is 0 Å². The Bertz CT molecular complexity index is 2570. The minimum Gasteiger partial charge on any atom is -0.489 e. The van der Waals surface area contributed by atoms with Crippen LogP contribution in [0.5, 0.6) is 11.5 Å². The minimum atomic E-state index is -0.879. The van der Waals surface area contributed by atoms with E-state index in [0.717, 1.165) is 18.4 Å². The van der Waals surface area contributed by atoms with Gasteiger partial charge in [-0.2, -0.15) is 0 Å². The number of aliphatic hydroxyl groups excluding tert-OH is 1. The average Bonchev–Trinajstić information content (AvgIpc) is 3.39. The van der Waals surface area contributed by atoms with Crippen molar-refractivity contribution in [1.29, 1.82) is 0 Å². The summed E-state index contributed by atoms with van der Waals surface area (Å²) in [5.41, 5.74) is 6.40. The number of carboxylic acids is 1. The molecule has 8 aromatic carbocycles. The van der Waals surface area contributed by atoms with Crippen LogP contribution >= 0.6 is 0 Å². The summed E-state index contributed by atoms with van der Waals surface area (Å²) in [7, 11) is 0. The Morgan fingerprint density at radius 3 is 1.00 bits per heavy atom. The van der Waals surface area contributed by atoms with Crippen molar-refractivity contribution in [3.8, 4) is 11.5 Å². The molecule has 0 radical (unpaired) electrons. The maximum absolute atomic E-state index is 10.4. The van der Waals surface area contributed by atoms with Crippen molar-refractivity contribution in [3.05, 3.63) is 179 Å². The monoisotopic (exact) mass is 923 g/mol. The van der Waals surface area contributed by atoms with Crippen LogP contribution in [0, 0.1) is 0 Å². The van der Waals surface area contributed by atoms with E-state index in [0.29, 0.717) is 30.3 Å². The summed E-state index contributed by atoms with van der Waals surface area (Å²) in [4.78, 5) is 10.2. The third-order valence-electron chi connectivity index (χ3n) is 13.8. The Kier molecular flexibility index (Phi) is 19.9. The van der Waals surface area contributed by atoms with Crippen molar-refractivity contribution in [2.24, 2.45) is 0 Å². The number of fused-ring (bicyclic) bond motifs is 4. The van der Waals surface area contributed by atoms with Crippen molar-refractivity contribution in [2.45, 2.75) is 149 Å². The van der Waals surface area contributed by atoms with Crippen LogP contribution in [0.2, 0.25) is 0 Å². The molecule has 0 saturated heterocycles. The normalized spacial score (nSPS) is 11.3. The predicted octanol–water partition coefficient (Wildman–Crippen LogP) is 17.7. The molecule has 2 N–H and O–H groups in total. The molecule has 0 amide bonds. The number of hydrogen-bond acceptors (Lipinski definition) is 4. The first-order valence-corrected chi connectivity index (χ1v) is 26.1. The quantitative estimate of drug-likeness (QED) is 0.0418. The Morgan fingerprint density at radius 2 is 0.696 bits per heavy atom. The van der Waals surface area contributed by atoms with Crippen LogP contribution in [-0.4, -0.2) is 16.2 Å². The second-order valence-corrected chi connectivity index (χ2v) is 18.8.